The second-order valence-corrected chi connectivity index (χ2v) is 7.68. The lowest BCUT2D eigenvalue weighted by molar-refractivity contribution is 0.0914. The van der Waals surface area contributed by atoms with Gasteiger partial charge >= 0.3 is 0 Å². The largest absolute Gasteiger partial charge is 0.448 e. The maximum Gasteiger partial charge on any atom is 0.268 e. The molecule has 3 aromatic rings. The van der Waals surface area contributed by atoms with Crippen molar-refractivity contribution >= 4 is 17.0 Å². The number of amides is 1. The number of rotatable bonds is 4. The zero-order chi connectivity index (χ0) is 17.7. The molecule has 2 aliphatic carbocycles. The van der Waals surface area contributed by atoms with Crippen LogP contribution >= 0.6 is 0 Å². The van der Waals surface area contributed by atoms with Gasteiger partial charge < -0.3 is 14.3 Å². The van der Waals surface area contributed by atoms with Crippen LogP contribution in [0.3, 0.4) is 0 Å². The monoisotopic (exact) mass is 352 g/mol. The minimum Gasteiger partial charge on any atom is -0.448 e. The van der Waals surface area contributed by atoms with Gasteiger partial charge in [-0.3, -0.25) is 4.79 Å². The summed E-state index contributed by atoms with van der Waals surface area (Å²) in [5, 5.41) is 4.13. The highest BCUT2D eigenvalue weighted by molar-refractivity contribution is 5.98. The Balaban J connectivity index is 1.45. The number of halogens is 1. The maximum absolute atomic E-state index is 13.6. The first-order valence-corrected chi connectivity index (χ1v) is 9.29. The van der Waals surface area contributed by atoms with Crippen LogP contribution in [-0.2, 0) is 6.54 Å². The molecule has 0 spiro atoms. The van der Waals surface area contributed by atoms with Crippen LogP contribution in [0, 0.1) is 17.7 Å². The molecule has 1 amide bonds. The van der Waals surface area contributed by atoms with E-state index in [2.05, 4.69) is 5.32 Å². The molecule has 5 rings (SSSR count). The number of hydrogen-bond donors (Lipinski definition) is 1. The van der Waals surface area contributed by atoms with Gasteiger partial charge in [-0.1, -0.05) is 18.6 Å². The van der Waals surface area contributed by atoms with Gasteiger partial charge in [0.05, 0.1) is 12.8 Å². The Morgan fingerprint density at radius 2 is 2.15 bits per heavy atom. The molecule has 1 aromatic carbocycles. The van der Waals surface area contributed by atoms with Crippen molar-refractivity contribution in [1.82, 2.24) is 9.88 Å². The van der Waals surface area contributed by atoms with Gasteiger partial charge in [-0.2, -0.15) is 0 Å². The SMILES string of the molecule is O=C(N[C@@H]1C[C@@H]2CC[C@@H]1C2)c1cc2ccoc2n1Cc1cccc(F)c1. The maximum atomic E-state index is 13.6. The van der Waals surface area contributed by atoms with E-state index < -0.39 is 0 Å². The van der Waals surface area contributed by atoms with E-state index in [9.17, 15) is 9.18 Å². The molecule has 2 saturated carbocycles. The van der Waals surface area contributed by atoms with Gasteiger partial charge in [-0.25, -0.2) is 4.39 Å². The third-order valence-corrected chi connectivity index (χ3v) is 6.02. The summed E-state index contributed by atoms with van der Waals surface area (Å²) in [6.07, 6.45) is 6.49. The van der Waals surface area contributed by atoms with Gasteiger partial charge in [0.1, 0.15) is 11.5 Å². The third kappa shape index (κ3) is 2.62. The predicted molar refractivity (Wildman–Crippen MR) is 96.4 cm³/mol. The van der Waals surface area contributed by atoms with E-state index in [4.69, 9.17) is 4.42 Å². The van der Waals surface area contributed by atoms with Crippen LogP contribution in [0.15, 0.2) is 47.1 Å². The summed E-state index contributed by atoms with van der Waals surface area (Å²) < 4.78 is 21.0. The average molecular weight is 352 g/mol. The molecule has 1 N–H and O–H groups in total. The lowest BCUT2D eigenvalue weighted by Gasteiger charge is -2.23. The standard InChI is InChI=1S/C21H21FN2O2/c22-17-3-1-2-14(9-17)12-24-19(11-16-6-7-26-21(16)24)20(25)23-18-10-13-4-5-15(18)8-13/h1-3,6-7,9,11,13,15,18H,4-5,8,10,12H2,(H,23,25)/t13-,15-,18-/m1/s1. The number of benzene rings is 1. The average Bonchev–Trinajstić information content (AvgIpc) is 3.37. The van der Waals surface area contributed by atoms with Crippen molar-refractivity contribution in [1.29, 1.82) is 0 Å². The number of nitrogens with one attached hydrogen (secondary N) is 1. The number of carbonyl (C=O) groups is 1. The van der Waals surface area contributed by atoms with Gasteiger partial charge in [0.2, 0.25) is 5.71 Å². The highest BCUT2D eigenvalue weighted by Gasteiger charge is 2.40. The van der Waals surface area contributed by atoms with E-state index in [-0.39, 0.29) is 17.8 Å². The smallest absolute Gasteiger partial charge is 0.268 e. The van der Waals surface area contributed by atoms with E-state index in [0.717, 1.165) is 23.3 Å². The molecule has 0 unspecified atom stereocenters. The summed E-state index contributed by atoms with van der Waals surface area (Å²) in [5.41, 5.74) is 2.02. The van der Waals surface area contributed by atoms with Crippen molar-refractivity contribution < 1.29 is 13.6 Å². The van der Waals surface area contributed by atoms with Crippen LogP contribution in [0.25, 0.3) is 11.1 Å². The molecule has 134 valence electrons. The molecule has 2 heterocycles. The van der Waals surface area contributed by atoms with Gasteiger partial charge in [-0.05, 0) is 60.9 Å². The van der Waals surface area contributed by atoms with Crippen LogP contribution in [0.1, 0.15) is 41.7 Å². The molecule has 5 heteroatoms. The summed E-state index contributed by atoms with van der Waals surface area (Å²) in [6, 6.07) is 10.5. The lowest BCUT2D eigenvalue weighted by Crippen LogP contribution is -2.39. The molecule has 3 atom stereocenters. The fourth-order valence-electron chi connectivity index (χ4n) is 4.80. The Kier molecular flexibility index (Phi) is 3.62. The summed E-state index contributed by atoms with van der Waals surface area (Å²) in [4.78, 5) is 13.0. The summed E-state index contributed by atoms with van der Waals surface area (Å²) in [5.74, 6) is 1.06. The van der Waals surface area contributed by atoms with Gasteiger partial charge in [0.25, 0.3) is 5.91 Å². The number of aromatic nitrogens is 1. The summed E-state index contributed by atoms with van der Waals surface area (Å²) in [6.45, 7) is 0.397. The molecule has 0 radical (unpaired) electrons. The van der Waals surface area contributed by atoms with Crippen molar-refractivity contribution in [2.45, 2.75) is 38.3 Å². The predicted octanol–water partition coefficient (Wildman–Crippen LogP) is 4.34. The first-order chi connectivity index (χ1) is 12.7. The quantitative estimate of drug-likeness (QED) is 0.759. The Morgan fingerprint density at radius 1 is 1.23 bits per heavy atom. The fourth-order valence-corrected chi connectivity index (χ4v) is 4.80. The van der Waals surface area contributed by atoms with Crippen molar-refractivity contribution in [3.05, 3.63) is 59.7 Å². The number of nitrogens with zero attached hydrogens (tertiary/aromatic N) is 1. The molecule has 2 aromatic heterocycles. The molecular weight excluding hydrogens is 331 g/mol. The molecule has 2 aliphatic rings. The van der Waals surface area contributed by atoms with Crippen LogP contribution in [0.2, 0.25) is 0 Å². The number of hydrogen-bond acceptors (Lipinski definition) is 2. The second-order valence-electron chi connectivity index (χ2n) is 7.68. The van der Waals surface area contributed by atoms with Crippen LogP contribution in [0.4, 0.5) is 4.39 Å². The Morgan fingerprint density at radius 3 is 2.92 bits per heavy atom. The lowest BCUT2D eigenvalue weighted by atomic mass is 9.95. The highest BCUT2D eigenvalue weighted by Crippen LogP contribution is 2.44. The van der Waals surface area contributed by atoms with E-state index in [1.807, 2.05) is 22.8 Å². The van der Waals surface area contributed by atoms with Gasteiger partial charge in [0, 0.05) is 11.4 Å². The van der Waals surface area contributed by atoms with Crippen molar-refractivity contribution in [3.63, 3.8) is 0 Å². The van der Waals surface area contributed by atoms with E-state index >= 15 is 0 Å². The van der Waals surface area contributed by atoms with Crippen LogP contribution < -0.4 is 5.32 Å². The van der Waals surface area contributed by atoms with Crippen molar-refractivity contribution in [3.8, 4) is 0 Å². The molecule has 0 aliphatic heterocycles. The zero-order valence-electron chi connectivity index (χ0n) is 14.5. The molecule has 0 saturated heterocycles. The van der Waals surface area contributed by atoms with Crippen molar-refractivity contribution in [2.24, 2.45) is 11.8 Å². The second kappa shape index (κ2) is 6.01. The van der Waals surface area contributed by atoms with Gasteiger partial charge in [0.15, 0.2) is 0 Å². The molecule has 2 fully saturated rings. The molecule has 4 nitrogen and oxygen atoms in total. The molecular formula is C21H21FN2O2. The topological polar surface area (TPSA) is 47.2 Å². The summed E-state index contributed by atoms with van der Waals surface area (Å²) in [7, 11) is 0. The van der Waals surface area contributed by atoms with Gasteiger partial charge in [-0.15, -0.1) is 0 Å². The van der Waals surface area contributed by atoms with Crippen LogP contribution in [-0.4, -0.2) is 16.5 Å². The Bertz CT molecular complexity index is 973. The van der Waals surface area contributed by atoms with Crippen molar-refractivity contribution in [2.75, 3.05) is 0 Å². The number of fused-ring (bicyclic) bond motifs is 3. The van der Waals surface area contributed by atoms with Crippen LogP contribution in [0.5, 0.6) is 0 Å². The normalized spacial score (nSPS) is 24.4. The highest BCUT2D eigenvalue weighted by atomic mass is 19.1. The first kappa shape index (κ1) is 15.7. The first-order valence-electron chi connectivity index (χ1n) is 9.29. The van der Waals surface area contributed by atoms with E-state index in [1.165, 1.54) is 31.4 Å². The fraction of sp³-hybridized carbons (Fsp3) is 0.381. The third-order valence-electron chi connectivity index (χ3n) is 6.02. The number of carbonyl (C=O) groups excluding carboxylic acids is 1. The Labute approximate surface area is 151 Å². The minimum absolute atomic E-state index is 0.0645. The summed E-state index contributed by atoms with van der Waals surface area (Å²) >= 11 is 0. The number of furan rings is 1. The van der Waals surface area contributed by atoms with E-state index in [0.29, 0.717) is 23.9 Å². The Hall–Kier alpha value is -2.56. The van der Waals surface area contributed by atoms with E-state index in [1.54, 1.807) is 12.3 Å². The zero-order valence-corrected chi connectivity index (χ0v) is 14.5. The molecule has 26 heavy (non-hydrogen) atoms. The molecule has 2 bridgehead atoms. The minimum atomic E-state index is -0.279.